The summed E-state index contributed by atoms with van der Waals surface area (Å²) in [7, 11) is 0. The molecule has 0 aliphatic rings. The second-order valence-corrected chi connectivity index (χ2v) is 11.8. The molecular formula is C33H44N3+. The molecule has 0 amide bonds. The van der Waals surface area contributed by atoms with Crippen LogP contribution in [0.4, 0.5) is 0 Å². The van der Waals surface area contributed by atoms with E-state index in [0.29, 0.717) is 29.6 Å². The molecule has 4 rings (SSSR count). The Morgan fingerprint density at radius 2 is 1.17 bits per heavy atom. The number of hydrogen-bond donors (Lipinski definition) is 0. The predicted molar refractivity (Wildman–Crippen MR) is 153 cm³/mol. The lowest BCUT2D eigenvalue weighted by Crippen LogP contribution is -2.33. The van der Waals surface area contributed by atoms with Crippen molar-refractivity contribution in [2.45, 2.75) is 98.8 Å². The Bertz CT molecular complexity index is 1310. The van der Waals surface area contributed by atoms with Crippen molar-refractivity contribution in [1.29, 1.82) is 0 Å². The zero-order valence-electron chi connectivity index (χ0n) is 23.9. The van der Waals surface area contributed by atoms with E-state index in [9.17, 15) is 0 Å². The molecule has 0 aliphatic heterocycles. The van der Waals surface area contributed by atoms with E-state index in [0.717, 1.165) is 11.2 Å². The molecule has 0 unspecified atom stereocenters. The molecule has 0 saturated carbocycles. The summed E-state index contributed by atoms with van der Waals surface area (Å²) in [6.07, 6.45) is 4.22. The lowest BCUT2D eigenvalue weighted by molar-refractivity contribution is -0.571. The van der Waals surface area contributed by atoms with Gasteiger partial charge in [-0.25, -0.2) is 4.57 Å². The number of imidazole rings is 1. The summed E-state index contributed by atoms with van der Waals surface area (Å²) in [6.45, 7) is 23.0. The normalized spacial score (nSPS) is 12.3. The van der Waals surface area contributed by atoms with Crippen molar-refractivity contribution >= 4 is 11.2 Å². The Morgan fingerprint density at radius 3 is 1.64 bits per heavy atom. The van der Waals surface area contributed by atoms with Gasteiger partial charge in [0.25, 0.3) is 0 Å². The van der Waals surface area contributed by atoms with Crippen LogP contribution in [0.2, 0.25) is 0 Å². The minimum Gasteiger partial charge on any atom is -0.225 e. The van der Waals surface area contributed by atoms with Crippen molar-refractivity contribution in [2.24, 2.45) is 0 Å². The van der Waals surface area contributed by atoms with Crippen LogP contribution in [0.5, 0.6) is 0 Å². The van der Waals surface area contributed by atoms with Crippen molar-refractivity contribution < 1.29 is 4.57 Å². The summed E-state index contributed by atoms with van der Waals surface area (Å²) in [6, 6.07) is 15.9. The second-order valence-electron chi connectivity index (χ2n) is 11.8. The highest BCUT2D eigenvalue weighted by Gasteiger charge is 2.28. The molecule has 0 N–H and O–H groups in total. The molecule has 0 saturated heterocycles. The molecule has 0 spiro atoms. The standard InChI is InChI=1S/C33H44N3/c1-20(2)25-17-28(23(7)8)32(29(18-25)24(9)10)35-19-36(33-30(35)15-12-16-34-33)31-26(21(3)4)13-11-14-27(31)22(5)6/h11-24H,1-10H3/q+1. The van der Waals surface area contributed by atoms with E-state index in [4.69, 9.17) is 4.98 Å². The minimum absolute atomic E-state index is 0.410. The molecular weight excluding hydrogens is 438 g/mol. The predicted octanol–water partition coefficient (Wildman–Crippen LogP) is 8.92. The lowest BCUT2D eigenvalue weighted by Gasteiger charge is -2.21. The van der Waals surface area contributed by atoms with Gasteiger partial charge < -0.3 is 0 Å². The largest absolute Gasteiger partial charge is 0.307 e. The van der Waals surface area contributed by atoms with Crippen LogP contribution in [0, 0.1) is 0 Å². The van der Waals surface area contributed by atoms with Gasteiger partial charge in [-0.3, -0.25) is 0 Å². The quantitative estimate of drug-likeness (QED) is 0.241. The third-order valence-corrected chi connectivity index (χ3v) is 7.41. The van der Waals surface area contributed by atoms with E-state index < -0.39 is 0 Å². The molecule has 2 heterocycles. The summed E-state index contributed by atoms with van der Waals surface area (Å²) >= 11 is 0. The number of para-hydroxylation sites is 1. The fraction of sp³-hybridized carbons (Fsp3) is 0.455. The molecule has 190 valence electrons. The Kier molecular flexibility index (Phi) is 7.41. The fourth-order valence-electron chi connectivity index (χ4n) is 5.32. The monoisotopic (exact) mass is 482 g/mol. The summed E-state index contributed by atoms with van der Waals surface area (Å²) in [5.74, 6) is 2.14. The number of hydrogen-bond acceptors (Lipinski definition) is 1. The molecule has 3 nitrogen and oxygen atoms in total. The maximum absolute atomic E-state index is 4.94. The summed E-state index contributed by atoms with van der Waals surface area (Å²) < 4.78 is 4.77. The number of fused-ring (bicyclic) bond motifs is 1. The van der Waals surface area contributed by atoms with Crippen molar-refractivity contribution in [3.63, 3.8) is 0 Å². The van der Waals surface area contributed by atoms with Crippen LogP contribution in [0.25, 0.3) is 22.5 Å². The van der Waals surface area contributed by atoms with Gasteiger partial charge in [-0.05, 0) is 69.5 Å². The average Bonchev–Trinajstić information content (AvgIpc) is 3.21. The first-order valence-corrected chi connectivity index (χ1v) is 13.7. The molecule has 2 aromatic heterocycles. The van der Waals surface area contributed by atoms with Crippen LogP contribution >= 0.6 is 0 Å². The number of aromatic nitrogens is 3. The van der Waals surface area contributed by atoms with E-state index in [1.165, 1.54) is 39.2 Å². The smallest absolute Gasteiger partial charge is 0.225 e. The first kappa shape index (κ1) is 26.1. The lowest BCUT2D eigenvalue weighted by atomic mass is 9.87. The van der Waals surface area contributed by atoms with Gasteiger partial charge >= 0.3 is 5.65 Å². The van der Waals surface area contributed by atoms with Crippen LogP contribution < -0.4 is 4.57 Å². The molecule has 36 heavy (non-hydrogen) atoms. The van der Waals surface area contributed by atoms with Crippen molar-refractivity contribution in [1.82, 2.24) is 9.55 Å². The van der Waals surface area contributed by atoms with Gasteiger partial charge in [0, 0.05) is 0 Å². The van der Waals surface area contributed by atoms with Gasteiger partial charge in [-0.15, -0.1) is 4.98 Å². The van der Waals surface area contributed by atoms with Crippen LogP contribution in [0.15, 0.2) is 55.0 Å². The molecule has 2 aromatic carbocycles. The Labute approximate surface area is 218 Å². The molecule has 4 aromatic rings. The van der Waals surface area contributed by atoms with Crippen molar-refractivity contribution in [3.05, 3.63) is 82.8 Å². The highest BCUT2D eigenvalue weighted by atomic mass is 15.2. The Balaban J connectivity index is 2.15. The van der Waals surface area contributed by atoms with E-state index in [1.54, 1.807) is 0 Å². The SMILES string of the molecule is CC(C)c1cc(C(C)C)c(-n2c[n+](-c3c(C(C)C)cccc3C(C)C)c3ncccc32)c(C(C)C)c1. The maximum Gasteiger partial charge on any atom is 0.307 e. The molecule has 0 radical (unpaired) electrons. The molecule has 0 fully saturated rings. The van der Waals surface area contributed by atoms with E-state index in [1.807, 2.05) is 6.20 Å². The van der Waals surface area contributed by atoms with Gasteiger partial charge in [-0.2, -0.15) is 4.57 Å². The van der Waals surface area contributed by atoms with Gasteiger partial charge in [0.2, 0.25) is 6.33 Å². The topological polar surface area (TPSA) is 21.7 Å². The molecule has 3 heteroatoms. The molecule has 0 atom stereocenters. The van der Waals surface area contributed by atoms with Gasteiger partial charge in [0.05, 0.1) is 0 Å². The minimum atomic E-state index is 0.410. The van der Waals surface area contributed by atoms with E-state index >= 15 is 0 Å². The van der Waals surface area contributed by atoms with E-state index in [-0.39, 0.29) is 0 Å². The van der Waals surface area contributed by atoms with Crippen LogP contribution in [-0.4, -0.2) is 9.55 Å². The molecule has 0 aliphatic carbocycles. The number of rotatable bonds is 7. The van der Waals surface area contributed by atoms with Gasteiger partial charge in [0.15, 0.2) is 5.52 Å². The zero-order valence-corrected chi connectivity index (χ0v) is 23.9. The average molecular weight is 483 g/mol. The fourth-order valence-corrected chi connectivity index (χ4v) is 5.32. The summed E-state index contributed by atoms with van der Waals surface area (Å²) in [5, 5.41) is 0. The third-order valence-electron chi connectivity index (χ3n) is 7.41. The van der Waals surface area contributed by atoms with Crippen molar-refractivity contribution in [2.75, 3.05) is 0 Å². The maximum atomic E-state index is 4.94. The first-order valence-electron chi connectivity index (χ1n) is 13.7. The van der Waals surface area contributed by atoms with Crippen LogP contribution in [-0.2, 0) is 0 Å². The Morgan fingerprint density at radius 1 is 0.639 bits per heavy atom. The number of benzene rings is 2. The number of pyridine rings is 1. The highest BCUT2D eigenvalue weighted by molar-refractivity contribution is 5.73. The summed E-state index contributed by atoms with van der Waals surface area (Å²) in [5.41, 5.74) is 11.7. The second kappa shape index (κ2) is 10.2. The van der Waals surface area contributed by atoms with Crippen LogP contribution in [0.3, 0.4) is 0 Å². The van der Waals surface area contributed by atoms with Gasteiger partial charge in [-0.1, -0.05) is 99.6 Å². The first-order chi connectivity index (χ1) is 17.0. The summed E-state index contributed by atoms with van der Waals surface area (Å²) in [4.78, 5) is 4.94. The van der Waals surface area contributed by atoms with Crippen molar-refractivity contribution in [3.8, 4) is 11.4 Å². The number of nitrogens with zero attached hydrogens (tertiary/aromatic N) is 3. The highest BCUT2D eigenvalue weighted by Crippen LogP contribution is 2.36. The van der Waals surface area contributed by atoms with Gasteiger partial charge in [0.1, 0.15) is 17.6 Å². The van der Waals surface area contributed by atoms with E-state index in [2.05, 4.69) is 127 Å². The van der Waals surface area contributed by atoms with Crippen LogP contribution in [0.1, 0.15) is 127 Å². The molecule has 0 bridgehead atoms. The zero-order chi connectivity index (χ0) is 26.3. The Hall–Kier alpha value is -2.94. The third kappa shape index (κ3) is 4.61.